The first-order valence-electron chi connectivity index (χ1n) is 11.5. The van der Waals surface area contributed by atoms with E-state index in [2.05, 4.69) is 33.8 Å². The number of benzene rings is 1. The number of halogens is 1. The van der Waals surface area contributed by atoms with Crippen molar-refractivity contribution in [2.75, 3.05) is 39.4 Å². The Morgan fingerprint density at radius 1 is 1.06 bits per heavy atom. The molecule has 3 heterocycles. The van der Waals surface area contributed by atoms with Crippen LogP contribution in [0.25, 0.3) is 5.69 Å². The summed E-state index contributed by atoms with van der Waals surface area (Å²) in [6.45, 7) is 11.6. The van der Waals surface area contributed by atoms with Crippen LogP contribution >= 0.6 is 0 Å². The molecule has 0 atom stereocenters. The van der Waals surface area contributed by atoms with Crippen molar-refractivity contribution in [3.05, 3.63) is 83.2 Å². The monoisotopic (exact) mass is 436 g/mol. The van der Waals surface area contributed by atoms with Gasteiger partial charge in [0.15, 0.2) is 0 Å². The van der Waals surface area contributed by atoms with E-state index in [-0.39, 0.29) is 5.82 Å². The van der Waals surface area contributed by atoms with E-state index in [0.717, 1.165) is 70.3 Å². The lowest BCUT2D eigenvalue weighted by molar-refractivity contribution is 0.0359. The summed E-state index contributed by atoms with van der Waals surface area (Å²) in [4.78, 5) is 9.25. The van der Waals surface area contributed by atoms with Crippen LogP contribution < -0.4 is 0 Å². The van der Waals surface area contributed by atoms with Gasteiger partial charge in [0.2, 0.25) is 0 Å². The molecule has 2 aromatic heterocycles. The minimum Gasteiger partial charge on any atom is -0.379 e. The molecule has 0 N–H and O–H groups in total. The number of hydrogen-bond donors (Lipinski definition) is 0. The Kier molecular flexibility index (Phi) is 7.68. The number of nitrogens with zero attached hydrogens (tertiary/aromatic N) is 4. The van der Waals surface area contributed by atoms with Crippen LogP contribution in [0.1, 0.15) is 28.9 Å². The van der Waals surface area contributed by atoms with Crippen LogP contribution in [-0.2, 0) is 17.8 Å². The third kappa shape index (κ3) is 5.63. The SMILES string of the molecule is Cc1cc(CN(CCCN2CCOCC2)Cc2cccnc2)c(C)n1-c1ccccc1F. The minimum absolute atomic E-state index is 0.196. The van der Waals surface area contributed by atoms with Crippen molar-refractivity contribution in [3.63, 3.8) is 0 Å². The number of para-hydroxylation sites is 1. The lowest BCUT2D eigenvalue weighted by atomic mass is 10.2. The first-order valence-corrected chi connectivity index (χ1v) is 11.5. The van der Waals surface area contributed by atoms with Gasteiger partial charge in [-0.3, -0.25) is 14.8 Å². The second kappa shape index (κ2) is 10.9. The summed E-state index contributed by atoms with van der Waals surface area (Å²) in [6, 6.07) is 13.3. The number of ether oxygens (including phenoxy) is 1. The van der Waals surface area contributed by atoms with E-state index < -0.39 is 0 Å². The van der Waals surface area contributed by atoms with Gasteiger partial charge in [0, 0.05) is 56.5 Å². The van der Waals surface area contributed by atoms with Crippen molar-refractivity contribution in [1.82, 2.24) is 19.4 Å². The van der Waals surface area contributed by atoms with Gasteiger partial charge in [0.25, 0.3) is 0 Å². The number of morpholine rings is 1. The molecule has 0 aliphatic carbocycles. The molecule has 3 aromatic rings. The van der Waals surface area contributed by atoms with Gasteiger partial charge in [0.1, 0.15) is 5.82 Å². The van der Waals surface area contributed by atoms with Gasteiger partial charge in [-0.15, -0.1) is 0 Å². The highest BCUT2D eigenvalue weighted by molar-refractivity contribution is 5.42. The molecule has 1 saturated heterocycles. The number of hydrogen-bond acceptors (Lipinski definition) is 4. The number of rotatable bonds is 9. The second-order valence-electron chi connectivity index (χ2n) is 8.56. The van der Waals surface area contributed by atoms with E-state index in [0.29, 0.717) is 5.69 Å². The van der Waals surface area contributed by atoms with Crippen LogP contribution in [-0.4, -0.2) is 58.7 Å². The number of pyridine rings is 1. The van der Waals surface area contributed by atoms with E-state index in [4.69, 9.17) is 4.74 Å². The van der Waals surface area contributed by atoms with E-state index in [1.807, 2.05) is 42.1 Å². The topological polar surface area (TPSA) is 33.5 Å². The Hall–Kier alpha value is -2.54. The van der Waals surface area contributed by atoms with E-state index in [1.165, 1.54) is 17.2 Å². The van der Waals surface area contributed by atoms with Gasteiger partial charge < -0.3 is 9.30 Å². The predicted molar refractivity (Wildman–Crippen MR) is 125 cm³/mol. The fourth-order valence-corrected chi connectivity index (χ4v) is 4.54. The van der Waals surface area contributed by atoms with Crippen LogP contribution in [0.4, 0.5) is 4.39 Å². The van der Waals surface area contributed by atoms with Crippen LogP contribution in [0, 0.1) is 19.7 Å². The molecule has 32 heavy (non-hydrogen) atoms. The molecular weight excluding hydrogens is 403 g/mol. The molecule has 1 aliphatic heterocycles. The summed E-state index contributed by atoms with van der Waals surface area (Å²) in [6.07, 6.45) is 4.86. The molecule has 0 unspecified atom stereocenters. The zero-order valence-corrected chi connectivity index (χ0v) is 19.1. The Bertz CT molecular complexity index is 998. The molecule has 170 valence electrons. The Balaban J connectivity index is 1.49. The Labute approximate surface area is 190 Å². The van der Waals surface area contributed by atoms with Gasteiger partial charge in [-0.1, -0.05) is 18.2 Å². The quantitative estimate of drug-likeness (QED) is 0.499. The number of aryl methyl sites for hydroxylation is 1. The van der Waals surface area contributed by atoms with Crippen molar-refractivity contribution in [1.29, 1.82) is 0 Å². The largest absolute Gasteiger partial charge is 0.379 e. The van der Waals surface area contributed by atoms with Gasteiger partial charge in [0.05, 0.1) is 18.9 Å². The summed E-state index contributed by atoms with van der Waals surface area (Å²) in [7, 11) is 0. The van der Waals surface area contributed by atoms with Crippen molar-refractivity contribution in [3.8, 4) is 5.69 Å². The first-order chi connectivity index (χ1) is 15.6. The normalized spacial score (nSPS) is 14.9. The molecular formula is C26H33FN4O. The Morgan fingerprint density at radius 3 is 2.62 bits per heavy atom. The average molecular weight is 437 g/mol. The second-order valence-corrected chi connectivity index (χ2v) is 8.56. The summed E-state index contributed by atoms with van der Waals surface area (Å²) in [5.74, 6) is -0.196. The maximum Gasteiger partial charge on any atom is 0.147 e. The standard InChI is InChI=1S/C26H33FN4O/c1-21-17-24(22(2)31(21)26-9-4-3-8-25(26)27)20-30(19-23-7-5-10-28-18-23)12-6-11-29-13-15-32-16-14-29/h3-5,7-10,17-18H,6,11-16,19-20H2,1-2H3. The lowest BCUT2D eigenvalue weighted by Crippen LogP contribution is -2.38. The zero-order valence-electron chi connectivity index (χ0n) is 19.1. The predicted octanol–water partition coefficient (Wildman–Crippen LogP) is 4.35. The highest BCUT2D eigenvalue weighted by atomic mass is 19.1. The third-order valence-electron chi connectivity index (χ3n) is 6.20. The smallest absolute Gasteiger partial charge is 0.147 e. The number of aromatic nitrogens is 2. The van der Waals surface area contributed by atoms with Crippen LogP contribution in [0.15, 0.2) is 54.9 Å². The summed E-state index contributed by atoms with van der Waals surface area (Å²) in [5, 5.41) is 0. The molecule has 1 aliphatic rings. The van der Waals surface area contributed by atoms with Crippen molar-refractivity contribution >= 4 is 0 Å². The molecule has 4 rings (SSSR count). The van der Waals surface area contributed by atoms with Crippen molar-refractivity contribution in [2.45, 2.75) is 33.4 Å². The zero-order chi connectivity index (χ0) is 22.3. The third-order valence-corrected chi connectivity index (χ3v) is 6.20. The van der Waals surface area contributed by atoms with E-state index in [1.54, 1.807) is 6.07 Å². The minimum atomic E-state index is -0.196. The van der Waals surface area contributed by atoms with Crippen LogP contribution in [0.3, 0.4) is 0 Å². The highest BCUT2D eigenvalue weighted by Gasteiger charge is 2.17. The fraction of sp³-hybridized carbons (Fsp3) is 0.423. The molecule has 0 saturated carbocycles. The van der Waals surface area contributed by atoms with Crippen LogP contribution in [0.5, 0.6) is 0 Å². The molecule has 0 radical (unpaired) electrons. The lowest BCUT2D eigenvalue weighted by Gasteiger charge is -2.28. The molecule has 5 nitrogen and oxygen atoms in total. The maximum absolute atomic E-state index is 14.5. The highest BCUT2D eigenvalue weighted by Crippen LogP contribution is 2.24. The van der Waals surface area contributed by atoms with Gasteiger partial charge >= 0.3 is 0 Å². The van der Waals surface area contributed by atoms with E-state index in [9.17, 15) is 4.39 Å². The molecule has 0 spiro atoms. The van der Waals surface area contributed by atoms with Gasteiger partial charge in [-0.25, -0.2) is 4.39 Å². The molecule has 1 fully saturated rings. The van der Waals surface area contributed by atoms with Crippen molar-refractivity contribution in [2.24, 2.45) is 0 Å². The summed E-state index contributed by atoms with van der Waals surface area (Å²) in [5.41, 5.74) is 5.21. The molecule has 0 amide bonds. The average Bonchev–Trinajstić information content (AvgIpc) is 3.08. The Morgan fingerprint density at radius 2 is 1.88 bits per heavy atom. The van der Waals surface area contributed by atoms with Gasteiger partial charge in [-0.05, 0) is 62.2 Å². The first kappa shape index (κ1) is 22.6. The molecule has 0 bridgehead atoms. The summed E-state index contributed by atoms with van der Waals surface area (Å²) >= 11 is 0. The fourth-order valence-electron chi connectivity index (χ4n) is 4.54. The van der Waals surface area contributed by atoms with Crippen LogP contribution in [0.2, 0.25) is 0 Å². The van der Waals surface area contributed by atoms with Gasteiger partial charge in [-0.2, -0.15) is 0 Å². The maximum atomic E-state index is 14.5. The molecule has 1 aromatic carbocycles. The molecule has 6 heteroatoms. The van der Waals surface area contributed by atoms with Crippen molar-refractivity contribution < 1.29 is 9.13 Å². The van der Waals surface area contributed by atoms with E-state index >= 15 is 0 Å². The summed E-state index contributed by atoms with van der Waals surface area (Å²) < 4.78 is 22.0.